The van der Waals surface area contributed by atoms with Gasteiger partial charge in [0.1, 0.15) is 5.76 Å². The molecule has 0 amide bonds. The maximum Gasteiger partial charge on any atom is 0.416 e. The van der Waals surface area contributed by atoms with Gasteiger partial charge in [-0.2, -0.15) is 18.3 Å². The number of rotatable bonds is 4. The number of aryl methyl sites for hydroxylation is 2. The first-order valence-electron chi connectivity index (χ1n) is 7.22. The summed E-state index contributed by atoms with van der Waals surface area (Å²) in [6.07, 6.45) is -1.19. The van der Waals surface area contributed by atoms with E-state index in [2.05, 4.69) is 15.6 Å². The average molecular weight is 336 g/mol. The van der Waals surface area contributed by atoms with E-state index >= 15 is 0 Å². The van der Waals surface area contributed by atoms with Gasteiger partial charge < -0.3 is 9.84 Å². The summed E-state index contributed by atoms with van der Waals surface area (Å²) in [6, 6.07) is 5.02. The molecule has 0 radical (unpaired) electrons. The molecule has 0 saturated heterocycles. The molecule has 0 unspecified atom stereocenters. The Morgan fingerprint density at radius 3 is 2.71 bits per heavy atom. The molecule has 0 saturated carbocycles. The molecule has 0 atom stereocenters. The lowest BCUT2D eigenvalue weighted by atomic mass is 10.2. The summed E-state index contributed by atoms with van der Waals surface area (Å²) in [5.41, 5.74) is 2.07. The molecule has 5 nitrogen and oxygen atoms in total. The Morgan fingerprint density at radius 1 is 1.25 bits per heavy atom. The van der Waals surface area contributed by atoms with E-state index in [-0.39, 0.29) is 0 Å². The van der Waals surface area contributed by atoms with E-state index in [0.717, 1.165) is 29.2 Å². The van der Waals surface area contributed by atoms with Crippen LogP contribution in [0.2, 0.25) is 0 Å². The fraction of sp³-hybridized carbons (Fsp3) is 0.250. The molecule has 0 fully saturated rings. The summed E-state index contributed by atoms with van der Waals surface area (Å²) in [5, 5.41) is 11.1. The number of nitrogens with zero attached hydrogens (tertiary/aromatic N) is 3. The van der Waals surface area contributed by atoms with Crippen LogP contribution >= 0.6 is 0 Å². The van der Waals surface area contributed by atoms with Crippen molar-refractivity contribution in [1.82, 2.24) is 14.9 Å². The number of nitrogens with one attached hydrogen (secondary N) is 1. The minimum atomic E-state index is -4.38. The minimum Gasteiger partial charge on any atom is -0.378 e. The Morgan fingerprint density at radius 2 is 2.04 bits per heavy atom. The molecule has 3 aromatic rings. The lowest BCUT2D eigenvalue weighted by molar-refractivity contribution is -0.137. The van der Waals surface area contributed by atoms with Crippen LogP contribution < -0.4 is 5.32 Å². The van der Waals surface area contributed by atoms with E-state index < -0.39 is 11.7 Å². The standard InChI is InChI=1S/C16H15F3N4O/c1-10-15(11(2)24-22-10)8-20-13-7-21-23(9-13)14-5-3-4-12(6-14)16(17,18)19/h3-7,9,20H,8H2,1-2H3. The number of benzene rings is 1. The smallest absolute Gasteiger partial charge is 0.378 e. The van der Waals surface area contributed by atoms with Crippen LogP contribution in [0.25, 0.3) is 5.69 Å². The Balaban J connectivity index is 1.76. The molecular formula is C16H15F3N4O. The quantitative estimate of drug-likeness (QED) is 0.779. The van der Waals surface area contributed by atoms with Crippen molar-refractivity contribution >= 4 is 5.69 Å². The lowest BCUT2D eigenvalue weighted by Gasteiger charge is -2.08. The Hall–Kier alpha value is -2.77. The SMILES string of the molecule is Cc1noc(C)c1CNc1cnn(-c2cccc(C(F)(F)F)c2)c1. The van der Waals surface area contributed by atoms with Gasteiger partial charge in [-0.25, -0.2) is 4.68 Å². The van der Waals surface area contributed by atoms with Crippen molar-refractivity contribution in [3.63, 3.8) is 0 Å². The average Bonchev–Trinajstić information content (AvgIpc) is 3.12. The molecule has 126 valence electrons. The highest BCUT2D eigenvalue weighted by Gasteiger charge is 2.30. The van der Waals surface area contributed by atoms with Gasteiger partial charge >= 0.3 is 6.18 Å². The van der Waals surface area contributed by atoms with Crippen molar-refractivity contribution in [3.05, 3.63) is 59.2 Å². The van der Waals surface area contributed by atoms with Gasteiger partial charge in [-0.3, -0.25) is 0 Å². The number of alkyl halides is 3. The molecule has 3 rings (SSSR count). The summed E-state index contributed by atoms with van der Waals surface area (Å²) in [6.45, 7) is 4.16. The van der Waals surface area contributed by atoms with Gasteiger partial charge in [-0.05, 0) is 32.0 Å². The zero-order valence-electron chi connectivity index (χ0n) is 13.1. The van der Waals surface area contributed by atoms with Crippen LogP contribution in [0.15, 0.2) is 41.2 Å². The number of hydrogen-bond donors (Lipinski definition) is 1. The second-order valence-electron chi connectivity index (χ2n) is 5.38. The number of halogens is 3. The lowest BCUT2D eigenvalue weighted by Crippen LogP contribution is -2.06. The predicted molar refractivity (Wildman–Crippen MR) is 81.9 cm³/mol. The minimum absolute atomic E-state index is 0.343. The van der Waals surface area contributed by atoms with Crippen LogP contribution in [-0.2, 0) is 12.7 Å². The van der Waals surface area contributed by atoms with E-state index in [0.29, 0.717) is 17.9 Å². The molecule has 0 aliphatic carbocycles. The van der Waals surface area contributed by atoms with E-state index in [1.807, 2.05) is 13.8 Å². The van der Waals surface area contributed by atoms with Crippen LogP contribution in [0.5, 0.6) is 0 Å². The normalized spacial score (nSPS) is 11.7. The first-order chi connectivity index (χ1) is 11.3. The molecular weight excluding hydrogens is 321 g/mol. The Kier molecular flexibility index (Phi) is 4.04. The van der Waals surface area contributed by atoms with Crippen molar-refractivity contribution in [2.24, 2.45) is 0 Å². The molecule has 1 N–H and O–H groups in total. The first-order valence-corrected chi connectivity index (χ1v) is 7.22. The number of aromatic nitrogens is 3. The Labute approximate surface area is 136 Å². The van der Waals surface area contributed by atoms with Gasteiger partial charge in [0, 0.05) is 12.1 Å². The number of hydrogen-bond acceptors (Lipinski definition) is 4. The zero-order valence-corrected chi connectivity index (χ0v) is 13.1. The maximum absolute atomic E-state index is 12.8. The van der Waals surface area contributed by atoms with Gasteiger partial charge in [0.05, 0.1) is 35.0 Å². The fourth-order valence-electron chi connectivity index (χ4n) is 2.32. The van der Waals surface area contributed by atoms with Crippen molar-refractivity contribution in [3.8, 4) is 5.69 Å². The number of anilines is 1. The molecule has 0 aliphatic rings. The largest absolute Gasteiger partial charge is 0.416 e. The van der Waals surface area contributed by atoms with Gasteiger partial charge in [-0.15, -0.1) is 0 Å². The molecule has 2 heterocycles. The van der Waals surface area contributed by atoms with Gasteiger partial charge in [-0.1, -0.05) is 11.2 Å². The second-order valence-corrected chi connectivity index (χ2v) is 5.38. The van der Waals surface area contributed by atoms with Crippen molar-refractivity contribution in [2.45, 2.75) is 26.6 Å². The van der Waals surface area contributed by atoms with Gasteiger partial charge in [0.2, 0.25) is 0 Å². The van der Waals surface area contributed by atoms with Gasteiger partial charge in [0.25, 0.3) is 0 Å². The summed E-state index contributed by atoms with van der Waals surface area (Å²) in [4.78, 5) is 0. The summed E-state index contributed by atoms with van der Waals surface area (Å²) in [7, 11) is 0. The van der Waals surface area contributed by atoms with Gasteiger partial charge in [0.15, 0.2) is 0 Å². The Bertz CT molecular complexity index is 832. The molecule has 0 aliphatic heterocycles. The molecule has 8 heteroatoms. The van der Waals surface area contributed by atoms with Crippen LogP contribution in [0.4, 0.5) is 18.9 Å². The summed E-state index contributed by atoms with van der Waals surface area (Å²) < 4.78 is 44.8. The molecule has 0 bridgehead atoms. The summed E-state index contributed by atoms with van der Waals surface area (Å²) >= 11 is 0. The van der Waals surface area contributed by atoms with Crippen molar-refractivity contribution in [1.29, 1.82) is 0 Å². The predicted octanol–water partition coefficient (Wildman–Crippen LogP) is 4.11. The molecule has 2 aromatic heterocycles. The van der Waals surface area contributed by atoms with E-state index in [9.17, 15) is 13.2 Å². The third-order valence-corrected chi connectivity index (χ3v) is 3.67. The van der Waals surface area contributed by atoms with Crippen LogP contribution in [0.3, 0.4) is 0 Å². The maximum atomic E-state index is 12.8. The molecule has 24 heavy (non-hydrogen) atoms. The van der Waals surface area contributed by atoms with Crippen LogP contribution in [0.1, 0.15) is 22.6 Å². The highest BCUT2D eigenvalue weighted by molar-refractivity contribution is 5.44. The molecule has 1 aromatic carbocycles. The first kappa shape index (κ1) is 16.1. The molecule has 0 spiro atoms. The highest BCUT2D eigenvalue weighted by atomic mass is 19.4. The van der Waals surface area contributed by atoms with Crippen molar-refractivity contribution < 1.29 is 17.7 Å². The third kappa shape index (κ3) is 3.27. The van der Waals surface area contributed by atoms with E-state index in [4.69, 9.17) is 4.52 Å². The van der Waals surface area contributed by atoms with Crippen LogP contribution in [0, 0.1) is 13.8 Å². The highest BCUT2D eigenvalue weighted by Crippen LogP contribution is 2.30. The fourth-order valence-corrected chi connectivity index (χ4v) is 2.32. The monoisotopic (exact) mass is 336 g/mol. The van der Waals surface area contributed by atoms with Crippen molar-refractivity contribution in [2.75, 3.05) is 5.32 Å². The topological polar surface area (TPSA) is 55.9 Å². The summed E-state index contributed by atoms with van der Waals surface area (Å²) in [5.74, 6) is 0.727. The second kappa shape index (κ2) is 6.03. The zero-order chi connectivity index (χ0) is 17.3. The van der Waals surface area contributed by atoms with E-state index in [1.165, 1.54) is 10.7 Å². The third-order valence-electron chi connectivity index (χ3n) is 3.67. The van der Waals surface area contributed by atoms with E-state index in [1.54, 1.807) is 18.5 Å². The van der Waals surface area contributed by atoms with Crippen LogP contribution in [-0.4, -0.2) is 14.9 Å².